The van der Waals surface area contributed by atoms with Gasteiger partial charge in [-0.1, -0.05) is 6.07 Å². The molecule has 3 atom stereocenters. The van der Waals surface area contributed by atoms with Gasteiger partial charge < -0.3 is 28.4 Å². The zero-order valence-electron chi connectivity index (χ0n) is 17.5. The van der Waals surface area contributed by atoms with E-state index in [1.54, 1.807) is 43.5 Å². The van der Waals surface area contributed by atoms with Gasteiger partial charge >= 0.3 is 11.9 Å². The molecule has 0 aromatic heterocycles. The van der Waals surface area contributed by atoms with Gasteiger partial charge in [-0.3, -0.25) is 9.59 Å². The van der Waals surface area contributed by atoms with Crippen molar-refractivity contribution in [1.82, 2.24) is 0 Å². The molecular formula is C22H24O8. The highest BCUT2D eigenvalue weighted by Gasteiger charge is 2.44. The fourth-order valence-electron chi connectivity index (χ4n) is 3.43. The Hall–Kier alpha value is -3.42. The third-order valence-electron chi connectivity index (χ3n) is 4.71. The first-order valence-electron chi connectivity index (χ1n) is 9.28. The monoisotopic (exact) mass is 416 g/mol. The minimum Gasteiger partial charge on any atom is -0.497 e. The fourth-order valence-corrected chi connectivity index (χ4v) is 3.43. The molecule has 2 aromatic rings. The van der Waals surface area contributed by atoms with Gasteiger partial charge in [-0.25, -0.2) is 0 Å². The summed E-state index contributed by atoms with van der Waals surface area (Å²) in [5, 5.41) is 0. The van der Waals surface area contributed by atoms with Crippen molar-refractivity contribution in [2.45, 2.75) is 32.2 Å². The van der Waals surface area contributed by atoms with Crippen molar-refractivity contribution in [1.29, 1.82) is 0 Å². The highest BCUT2D eigenvalue weighted by atomic mass is 16.6. The summed E-state index contributed by atoms with van der Waals surface area (Å²) in [5.74, 6) is 1.03. The Kier molecular flexibility index (Phi) is 6.34. The molecule has 3 rings (SSSR count). The van der Waals surface area contributed by atoms with Crippen molar-refractivity contribution < 1.29 is 38.0 Å². The van der Waals surface area contributed by atoms with E-state index < -0.39 is 30.3 Å². The smallest absolute Gasteiger partial charge is 0.303 e. The molecule has 2 aromatic carbocycles. The van der Waals surface area contributed by atoms with Gasteiger partial charge in [-0.15, -0.1) is 0 Å². The quantitative estimate of drug-likeness (QED) is 0.662. The van der Waals surface area contributed by atoms with Crippen LogP contribution in [-0.4, -0.2) is 39.4 Å². The molecule has 0 saturated carbocycles. The first-order chi connectivity index (χ1) is 14.4. The Morgan fingerprint density at radius 2 is 1.53 bits per heavy atom. The standard InChI is InChI=1S/C22H24O8/c1-12(23)28-21-16-8-7-15(25-3)11-18(16)30-20(22(21)29-13(2)24)14-6-9-17(26-4)19(10-14)27-5/h6-11,20-22H,1-5H3/t20-,21+,22-/m0/s1. The molecule has 0 bridgehead atoms. The van der Waals surface area contributed by atoms with Crippen molar-refractivity contribution in [2.24, 2.45) is 0 Å². The van der Waals surface area contributed by atoms with Crippen LogP contribution in [0.3, 0.4) is 0 Å². The second-order valence-electron chi connectivity index (χ2n) is 6.66. The Bertz CT molecular complexity index is 939. The lowest BCUT2D eigenvalue weighted by Crippen LogP contribution is -2.39. The molecule has 0 spiro atoms. The third-order valence-corrected chi connectivity index (χ3v) is 4.71. The molecule has 1 heterocycles. The van der Waals surface area contributed by atoms with Gasteiger partial charge in [0.25, 0.3) is 0 Å². The molecule has 0 amide bonds. The van der Waals surface area contributed by atoms with E-state index in [4.69, 9.17) is 28.4 Å². The molecule has 0 unspecified atom stereocenters. The average Bonchev–Trinajstić information content (AvgIpc) is 2.73. The van der Waals surface area contributed by atoms with E-state index in [2.05, 4.69) is 0 Å². The normalized spacial score (nSPS) is 19.7. The third kappa shape index (κ3) is 4.27. The van der Waals surface area contributed by atoms with Crippen LogP contribution in [0.4, 0.5) is 0 Å². The van der Waals surface area contributed by atoms with E-state index in [1.807, 2.05) is 0 Å². The van der Waals surface area contributed by atoms with E-state index in [1.165, 1.54) is 28.1 Å². The zero-order chi connectivity index (χ0) is 21.8. The SMILES string of the molecule is COc1ccc2c(c1)O[C@@H](c1ccc(OC)c(OC)c1)[C@H](OC(C)=O)[C@@H]2OC(C)=O. The van der Waals surface area contributed by atoms with Crippen LogP contribution in [-0.2, 0) is 19.1 Å². The van der Waals surface area contributed by atoms with Gasteiger partial charge in [-0.05, 0) is 24.3 Å². The molecule has 0 N–H and O–H groups in total. The molecule has 1 aliphatic rings. The molecule has 8 heteroatoms. The second kappa shape index (κ2) is 8.94. The molecular weight excluding hydrogens is 392 g/mol. The fraction of sp³-hybridized carbons (Fsp3) is 0.364. The van der Waals surface area contributed by atoms with Crippen LogP contribution >= 0.6 is 0 Å². The van der Waals surface area contributed by atoms with Gasteiger partial charge in [0, 0.05) is 31.0 Å². The summed E-state index contributed by atoms with van der Waals surface area (Å²) in [4.78, 5) is 23.7. The second-order valence-corrected chi connectivity index (χ2v) is 6.66. The number of rotatable bonds is 6. The first kappa shape index (κ1) is 21.3. The van der Waals surface area contributed by atoms with E-state index in [0.717, 1.165) is 0 Å². The van der Waals surface area contributed by atoms with Gasteiger partial charge in [-0.2, -0.15) is 0 Å². The van der Waals surface area contributed by atoms with Gasteiger partial charge in [0.2, 0.25) is 0 Å². The number of hydrogen-bond donors (Lipinski definition) is 0. The predicted molar refractivity (Wildman–Crippen MR) is 106 cm³/mol. The first-order valence-corrected chi connectivity index (χ1v) is 9.28. The highest BCUT2D eigenvalue weighted by Crippen LogP contribution is 2.46. The van der Waals surface area contributed by atoms with Gasteiger partial charge in [0.1, 0.15) is 11.5 Å². The van der Waals surface area contributed by atoms with E-state index >= 15 is 0 Å². The Balaban J connectivity index is 2.14. The summed E-state index contributed by atoms with van der Waals surface area (Å²) < 4.78 is 33.3. The number of esters is 2. The molecule has 0 aliphatic carbocycles. The number of benzene rings is 2. The van der Waals surface area contributed by atoms with Crippen molar-refractivity contribution in [3.63, 3.8) is 0 Å². The zero-order valence-corrected chi connectivity index (χ0v) is 17.5. The van der Waals surface area contributed by atoms with Crippen LogP contribution in [0.5, 0.6) is 23.0 Å². The number of methoxy groups -OCH3 is 3. The van der Waals surface area contributed by atoms with Crippen LogP contribution in [0, 0.1) is 0 Å². The lowest BCUT2D eigenvalue weighted by molar-refractivity contribution is -0.178. The maximum Gasteiger partial charge on any atom is 0.303 e. The molecule has 0 radical (unpaired) electrons. The number of carbonyl (C=O) groups is 2. The lowest BCUT2D eigenvalue weighted by atomic mass is 9.91. The number of carbonyl (C=O) groups excluding carboxylic acids is 2. The van der Waals surface area contributed by atoms with Crippen molar-refractivity contribution in [3.05, 3.63) is 47.5 Å². The molecule has 0 fully saturated rings. The minimum absolute atomic E-state index is 0.462. The van der Waals surface area contributed by atoms with Crippen LogP contribution in [0.15, 0.2) is 36.4 Å². The maximum atomic E-state index is 11.9. The number of ether oxygens (including phenoxy) is 6. The predicted octanol–water partition coefficient (Wildman–Crippen LogP) is 3.38. The van der Waals surface area contributed by atoms with E-state index in [-0.39, 0.29) is 0 Å². The Morgan fingerprint density at radius 1 is 0.833 bits per heavy atom. The summed E-state index contributed by atoms with van der Waals surface area (Å²) in [6.45, 7) is 2.59. The summed E-state index contributed by atoms with van der Waals surface area (Å²) in [5.41, 5.74) is 1.23. The van der Waals surface area contributed by atoms with Crippen LogP contribution in [0.25, 0.3) is 0 Å². The Labute approximate surface area is 174 Å². The summed E-state index contributed by atoms with van der Waals surface area (Å²) in [6, 6.07) is 10.4. The number of fused-ring (bicyclic) bond motifs is 1. The van der Waals surface area contributed by atoms with E-state index in [0.29, 0.717) is 34.1 Å². The summed E-state index contributed by atoms with van der Waals surface area (Å²) in [6.07, 6.45) is -2.54. The van der Waals surface area contributed by atoms with E-state index in [9.17, 15) is 9.59 Å². The lowest BCUT2D eigenvalue weighted by Gasteiger charge is -2.38. The Morgan fingerprint density at radius 3 is 2.13 bits per heavy atom. The molecule has 30 heavy (non-hydrogen) atoms. The van der Waals surface area contributed by atoms with Crippen molar-refractivity contribution >= 4 is 11.9 Å². The van der Waals surface area contributed by atoms with Crippen LogP contribution in [0.2, 0.25) is 0 Å². The van der Waals surface area contributed by atoms with Crippen LogP contribution in [0.1, 0.15) is 37.2 Å². The number of hydrogen-bond acceptors (Lipinski definition) is 8. The molecule has 160 valence electrons. The van der Waals surface area contributed by atoms with Crippen molar-refractivity contribution in [2.75, 3.05) is 21.3 Å². The molecule has 8 nitrogen and oxygen atoms in total. The average molecular weight is 416 g/mol. The maximum absolute atomic E-state index is 11.9. The summed E-state index contributed by atoms with van der Waals surface area (Å²) in [7, 11) is 4.60. The summed E-state index contributed by atoms with van der Waals surface area (Å²) >= 11 is 0. The molecule has 0 saturated heterocycles. The highest BCUT2D eigenvalue weighted by molar-refractivity contribution is 5.68. The molecule has 1 aliphatic heterocycles. The van der Waals surface area contributed by atoms with Gasteiger partial charge in [0.15, 0.2) is 29.8 Å². The largest absolute Gasteiger partial charge is 0.497 e. The topological polar surface area (TPSA) is 89.5 Å². The minimum atomic E-state index is -0.912. The van der Waals surface area contributed by atoms with Crippen LogP contribution < -0.4 is 18.9 Å². The van der Waals surface area contributed by atoms with Crippen molar-refractivity contribution in [3.8, 4) is 23.0 Å². The van der Waals surface area contributed by atoms with Gasteiger partial charge in [0.05, 0.1) is 21.3 Å².